The number of benzene rings is 2. The van der Waals surface area contributed by atoms with E-state index in [1.54, 1.807) is 0 Å². The summed E-state index contributed by atoms with van der Waals surface area (Å²) in [6.07, 6.45) is 5.55. The molecule has 92 valence electrons. The first-order chi connectivity index (χ1) is 8.74. The molecule has 0 spiro atoms. The van der Waals surface area contributed by atoms with Crippen LogP contribution in [-0.2, 0) is 0 Å². The Kier molecular flexibility index (Phi) is 3.99. The second kappa shape index (κ2) is 5.68. The van der Waals surface area contributed by atoms with Crippen molar-refractivity contribution in [2.75, 3.05) is 0 Å². The standard InChI is InChI=1S/C18H20/c1-4-5-11-17-14(2)12-13-18(15(17)3)16-9-7-6-8-10-16/h5-13H,4H2,1-3H3/b11-5-. The van der Waals surface area contributed by atoms with Crippen molar-refractivity contribution >= 4 is 6.08 Å². The highest BCUT2D eigenvalue weighted by Crippen LogP contribution is 2.28. The van der Waals surface area contributed by atoms with E-state index in [9.17, 15) is 0 Å². The predicted octanol–water partition coefficient (Wildman–Crippen LogP) is 5.39. The summed E-state index contributed by atoms with van der Waals surface area (Å²) in [7, 11) is 0. The molecule has 0 saturated heterocycles. The molecular formula is C18H20. The van der Waals surface area contributed by atoms with Gasteiger partial charge in [0.2, 0.25) is 0 Å². The van der Waals surface area contributed by atoms with Crippen LogP contribution in [-0.4, -0.2) is 0 Å². The maximum atomic E-state index is 2.25. The molecule has 2 rings (SSSR count). The van der Waals surface area contributed by atoms with Crippen LogP contribution in [0.15, 0.2) is 48.5 Å². The minimum absolute atomic E-state index is 1.08. The Morgan fingerprint density at radius 2 is 1.67 bits per heavy atom. The molecule has 18 heavy (non-hydrogen) atoms. The third-order valence-corrected chi connectivity index (χ3v) is 3.34. The summed E-state index contributed by atoms with van der Waals surface area (Å²) in [6, 6.07) is 15.0. The second-order valence-electron chi connectivity index (χ2n) is 4.65. The minimum atomic E-state index is 1.08. The van der Waals surface area contributed by atoms with Crippen molar-refractivity contribution in [1.82, 2.24) is 0 Å². The van der Waals surface area contributed by atoms with Crippen LogP contribution in [0.3, 0.4) is 0 Å². The lowest BCUT2D eigenvalue weighted by atomic mass is 9.93. The summed E-state index contributed by atoms with van der Waals surface area (Å²) in [5, 5.41) is 0. The second-order valence-corrected chi connectivity index (χ2v) is 4.65. The lowest BCUT2D eigenvalue weighted by molar-refractivity contribution is 1.23. The molecule has 0 heteroatoms. The Labute approximate surface area is 110 Å². The van der Waals surface area contributed by atoms with Gasteiger partial charge in [-0.15, -0.1) is 0 Å². The van der Waals surface area contributed by atoms with Gasteiger partial charge in [-0.1, -0.05) is 61.5 Å². The Morgan fingerprint density at radius 1 is 0.944 bits per heavy atom. The van der Waals surface area contributed by atoms with Crippen molar-refractivity contribution in [2.24, 2.45) is 0 Å². The highest BCUT2D eigenvalue weighted by Gasteiger charge is 2.06. The van der Waals surface area contributed by atoms with Gasteiger partial charge in [0.05, 0.1) is 0 Å². The van der Waals surface area contributed by atoms with Crippen molar-refractivity contribution in [2.45, 2.75) is 27.2 Å². The Hall–Kier alpha value is -1.82. The molecule has 0 aliphatic rings. The quantitative estimate of drug-likeness (QED) is 0.670. The van der Waals surface area contributed by atoms with Gasteiger partial charge in [0.25, 0.3) is 0 Å². The van der Waals surface area contributed by atoms with E-state index in [0.717, 1.165) is 6.42 Å². The van der Waals surface area contributed by atoms with Gasteiger partial charge >= 0.3 is 0 Å². The molecule has 0 radical (unpaired) electrons. The van der Waals surface area contributed by atoms with Crippen LogP contribution in [0.5, 0.6) is 0 Å². The molecule has 0 aromatic heterocycles. The van der Waals surface area contributed by atoms with E-state index in [-0.39, 0.29) is 0 Å². The Bertz CT molecular complexity index is 548. The van der Waals surface area contributed by atoms with Crippen molar-refractivity contribution in [1.29, 1.82) is 0 Å². The molecule has 2 aromatic carbocycles. The van der Waals surface area contributed by atoms with Crippen LogP contribution in [0, 0.1) is 13.8 Å². The van der Waals surface area contributed by atoms with E-state index in [1.807, 2.05) is 0 Å². The fourth-order valence-corrected chi connectivity index (χ4v) is 2.29. The first-order valence-corrected chi connectivity index (χ1v) is 6.56. The number of hydrogen-bond acceptors (Lipinski definition) is 0. The zero-order chi connectivity index (χ0) is 13.0. The summed E-state index contributed by atoms with van der Waals surface area (Å²) in [5.74, 6) is 0. The number of hydrogen-bond donors (Lipinski definition) is 0. The van der Waals surface area contributed by atoms with E-state index in [2.05, 4.69) is 75.4 Å². The third kappa shape index (κ3) is 2.53. The lowest BCUT2D eigenvalue weighted by Gasteiger charge is -2.12. The topological polar surface area (TPSA) is 0 Å². The summed E-state index contributed by atoms with van der Waals surface area (Å²) >= 11 is 0. The lowest BCUT2D eigenvalue weighted by Crippen LogP contribution is -1.91. The number of rotatable bonds is 3. The summed E-state index contributed by atoms with van der Waals surface area (Å²) in [6.45, 7) is 6.56. The maximum absolute atomic E-state index is 2.25. The van der Waals surface area contributed by atoms with Crippen LogP contribution in [0.4, 0.5) is 0 Å². The molecule has 0 nitrogen and oxygen atoms in total. The zero-order valence-electron chi connectivity index (χ0n) is 11.4. The Morgan fingerprint density at radius 3 is 2.33 bits per heavy atom. The van der Waals surface area contributed by atoms with Crippen LogP contribution < -0.4 is 0 Å². The molecule has 0 heterocycles. The number of aryl methyl sites for hydroxylation is 1. The van der Waals surface area contributed by atoms with Crippen molar-refractivity contribution < 1.29 is 0 Å². The van der Waals surface area contributed by atoms with Gasteiger partial charge < -0.3 is 0 Å². The molecule has 0 amide bonds. The molecule has 0 atom stereocenters. The average Bonchev–Trinajstić information content (AvgIpc) is 2.40. The van der Waals surface area contributed by atoms with Gasteiger partial charge in [0.1, 0.15) is 0 Å². The van der Waals surface area contributed by atoms with E-state index in [0.29, 0.717) is 0 Å². The van der Waals surface area contributed by atoms with E-state index in [1.165, 1.54) is 27.8 Å². The van der Waals surface area contributed by atoms with Gasteiger partial charge in [0, 0.05) is 0 Å². The third-order valence-electron chi connectivity index (χ3n) is 3.34. The SMILES string of the molecule is CC/C=C\c1c(C)ccc(-c2ccccc2)c1C. The molecule has 0 aliphatic heterocycles. The summed E-state index contributed by atoms with van der Waals surface area (Å²) < 4.78 is 0. The van der Waals surface area contributed by atoms with Crippen molar-refractivity contribution in [3.8, 4) is 11.1 Å². The first kappa shape index (κ1) is 12.6. The highest BCUT2D eigenvalue weighted by molar-refractivity contribution is 5.73. The zero-order valence-corrected chi connectivity index (χ0v) is 11.4. The van der Waals surface area contributed by atoms with Gasteiger partial charge in [-0.25, -0.2) is 0 Å². The predicted molar refractivity (Wildman–Crippen MR) is 80.7 cm³/mol. The molecule has 0 fully saturated rings. The number of allylic oxidation sites excluding steroid dienone is 1. The average molecular weight is 236 g/mol. The van der Waals surface area contributed by atoms with Crippen LogP contribution in [0.25, 0.3) is 17.2 Å². The van der Waals surface area contributed by atoms with Gasteiger partial charge in [-0.05, 0) is 48.1 Å². The van der Waals surface area contributed by atoms with E-state index < -0.39 is 0 Å². The Balaban J connectivity index is 2.54. The van der Waals surface area contributed by atoms with Crippen LogP contribution >= 0.6 is 0 Å². The highest BCUT2D eigenvalue weighted by atomic mass is 14.1. The van der Waals surface area contributed by atoms with E-state index >= 15 is 0 Å². The first-order valence-electron chi connectivity index (χ1n) is 6.56. The fraction of sp³-hybridized carbons (Fsp3) is 0.222. The van der Waals surface area contributed by atoms with Crippen LogP contribution in [0.2, 0.25) is 0 Å². The van der Waals surface area contributed by atoms with E-state index in [4.69, 9.17) is 0 Å². The monoisotopic (exact) mass is 236 g/mol. The van der Waals surface area contributed by atoms with Gasteiger partial charge in [-0.3, -0.25) is 0 Å². The molecule has 0 aliphatic carbocycles. The van der Waals surface area contributed by atoms with Gasteiger partial charge in [0.15, 0.2) is 0 Å². The smallest absolute Gasteiger partial charge is 0.0149 e. The fourth-order valence-electron chi connectivity index (χ4n) is 2.29. The summed E-state index contributed by atoms with van der Waals surface area (Å²) in [4.78, 5) is 0. The maximum Gasteiger partial charge on any atom is -0.0149 e. The summed E-state index contributed by atoms with van der Waals surface area (Å²) in [5.41, 5.74) is 6.69. The normalized spacial score (nSPS) is 11.1. The molecule has 0 saturated carbocycles. The molecule has 0 bridgehead atoms. The van der Waals surface area contributed by atoms with Crippen molar-refractivity contribution in [3.05, 3.63) is 65.2 Å². The molecule has 2 aromatic rings. The minimum Gasteiger partial charge on any atom is -0.0842 e. The molecule has 0 N–H and O–H groups in total. The molecular weight excluding hydrogens is 216 g/mol. The van der Waals surface area contributed by atoms with Crippen LogP contribution in [0.1, 0.15) is 30.0 Å². The molecule has 0 unspecified atom stereocenters. The van der Waals surface area contributed by atoms with Crippen molar-refractivity contribution in [3.63, 3.8) is 0 Å². The largest absolute Gasteiger partial charge is 0.0842 e. The van der Waals surface area contributed by atoms with Gasteiger partial charge in [-0.2, -0.15) is 0 Å².